The Morgan fingerprint density at radius 3 is 1.48 bits per heavy atom. The molecule has 2 aromatic heterocycles. The van der Waals surface area contributed by atoms with Crippen LogP contribution >= 0.6 is 0 Å². The third-order valence-electron chi connectivity index (χ3n) is 3.12. The molecule has 0 saturated heterocycles. The molecule has 23 heavy (non-hydrogen) atoms. The summed E-state index contributed by atoms with van der Waals surface area (Å²) >= 11 is 0. The van der Waals surface area contributed by atoms with Gasteiger partial charge < -0.3 is 20.2 Å². The van der Waals surface area contributed by atoms with Crippen LogP contribution in [0.2, 0.25) is 0 Å². The van der Waals surface area contributed by atoms with E-state index in [0.717, 1.165) is 10.8 Å². The standard InChI is InChI=1S/2C9H6NO.Mn/c2*11-8-5-1-3-7-4-2-6-10-9(7)8;/h2*1-5,11H;/q2*-1;+2. The van der Waals surface area contributed by atoms with Gasteiger partial charge in [-0.2, -0.15) is 24.3 Å². The Kier molecular flexibility index (Phi) is 5.52. The Balaban J connectivity index is 0.000000160. The van der Waals surface area contributed by atoms with E-state index in [-0.39, 0.29) is 28.6 Å². The molecule has 0 fully saturated rings. The SMILES string of the molecule is Oc1cccc2cc[c-]nc12.Oc1cccc2cc[c-]nc12.[Mn+2]. The predicted octanol–water partition coefficient (Wildman–Crippen LogP) is 3.48. The van der Waals surface area contributed by atoms with Crippen LogP contribution in [0.15, 0.2) is 60.7 Å². The van der Waals surface area contributed by atoms with Crippen molar-refractivity contribution in [3.8, 4) is 11.5 Å². The van der Waals surface area contributed by atoms with Crippen molar-refractivity contribution in [2.75, 3.05) is 0 Å². The number of benzene rings is 2. The first kappa shape index (κ1) is 16.7. The van der Waals surface area contributed by atoms with E-state index >= 15 is 0 Å². The van der Waals surface area contributed by atoms with Crippen LogP contribution in [0.5, 0.6) is 11.5 Å². The number of phenols is 2. The van der Waals surface area contributed by atoms with Gasteiger partial charge in [0.2, 0.25) is 0 Å². The van der Waals surface area contributed by atoms with Crippen LogP contribution in [0.3, 0.4) is 0 Å². The zero-order valence-corrected chi connectivity index (χ0v) is 13.1. The Morgan fingerprint density at radius 1 is 0.652 bits per heavy atom. The second-order valence-corrected chi connectivity index (χ2v) is 4.58. The van der Waals surface area contributed by atoms with Gasteiger partial charge in [0.05, 0.1) is 11.5 Å². The molecule has 5 heteroatoms. The monoisotopic (exact) mass is 343 g/mol. The van der Waals surface area contributed by atoms with Crippen molar-refractivity contribution in [1.29, 1.82) is 0 Å². The van der Waals surface area contributed by atoms with Gasteiger partial charge in [-0.25, -0.2) is 0 Å². The number of aromatic hydroxyl groups is 2. The van der Waals surface area contributed by atoms with Crippen molar-refractivity contribution in [1.82, 2.24) is 9.97 Å². The molecule has 0 saturated carbocycles. The maximum atomic E-state index is 9.29. The zero-order chi connectivity index (χ0) is 15.4. The summed E-state index contributed by atoms with van der Waals surface area (Å²) in [6.45, 7) is 0. The summed E-state index contributed by atoms with van der Waals surface area (Å²) in [5.41, 5.74) is 1.21. The van der Waals surface area contributed by atoms with Gasteiger partial charge in [-0.3, -0.25) is 0 Å². The Morgan fingerprint density at radius 2 is 1.09 bits per heavy atom. The number of fused-ring (bicyclic) bond motifs is 2. The van der Waals surface area contributed by atoms with Crippen molar-refractivity contribution in [3.05, 3.63) is 73.1 Å². The van der Waals surface area contributed by atoms with E-state index in [0.29, 0.717) is 11.0 Å². The normalized spacial score (nSPS) is 9.74. The van der Waals surface area contributed by atoms with Gasteiger partial charge in [-0.1, -0.05) is 36.7 Å². The largest absolute Gasteiger partial charge is 2.00 e. The van der Waals surface area contributed by atoms with Gasteiger partial charge in [0.25, 0.3) is 0 Å². The minimum atomic E-state index is 0. The number of nitrogens with zero attached hydrogens (tertiary/aromatic N) is 2. The van der Waals surface area contributed by atoms with E-state index in [2.05, 4.69) is 22.4 Å². The van der Waals surface area contributed by atoms with Crippen LogP contribution in [-0.4, -0.2) is 20.2 Å². The van der Waals surface area contributed by atoms with Crippen molar-refractivity contribution < 1.29 is 27.3 Å². The van der Waals surface area contributed by atoms with Gasteiger partial charge in [0.15, 0.2) is 0 Å². The van der Waals surface area contributed by atoms with Crippen molar-refractivity contribution in [2.24, 2.45) is 0 Å². The summed E-state index contributed by atoms with van der Waals surface area (Å²) in [6, 6.07) is 17.8. The maximum absolute atomic E-state index is 9.29. The fraction of sp³-hybridized carbons (Fsp3) is 0. The van der Waals surface area contributed by atoms with Gasteiger partial charge in [-0.15, -0.1) is 10.8 Å². The third-order valence-corrected chi connectivity index (χ3v) is 3.12. The molecule has 2 heterocycles. The quantitative estimate of drug-likeness (QED) is 0.379. The number of hydrogen-bond donors (Lipinski definition) is 2. The molecule has 113 valence electrons. The molecule has 4 rings (SSSR count). The van der Waals surface area contributed by atoms with Crippen LogP contribution in [0.4, 0.5) is 0 Å². The molecule has 0 aliphatic carbocycles. The zero-order valence-electron chi connectivity index (χ0n) is 11.9. The minimum Gasteiger partial charge on any atom is -0.519 e. The number of aromatic nitrogens is 2. The van der Waals surface area contributed by atoms with E-state index in [1.165, 1.54) is 0 Å². The number of para-hydroxylation sites is 2. The number of pyridine rings is 2. The molecule has 0 atom stereocenters. The number of phenolic OH excluding ortho intramolecular Hbond substituents is 2. The van der Waals surface area contributed by atoms with Crippen LogP contribution < -0.4 is 0 Å². The smallest absolute Gasteiger partial charge is 0.519 e. The van der Waals surface area contributed by atoms with Crippen LogP contribution in [0.25, 0.3) is 21.8 Å². The van der Waals surface area contributed by atoms with Crippen LogP contribution in [0.1, 0.15) is 0 Å². The van der Waals surface area contributed by atoms with Gasteiger partial charge in [0.1, 0.15) is 0 Å². The summed E-state index contributed by atoms with van der Waals surface area (Å²) in [5.74, 6) is 0.415. The second kappa shape index (κ2) is 7.58. The molecular formula is C18H12MnN2O2. The summed E-state index contributed by atoms with van der Waals surface area (Å²) < 4.78 is 0. The molecule has 0 aliphatic heterocycles. The molecule has 1 radical (unpaired) electrons. The molecule has 2 N–H and O–H groups in total. The predicted molar refractivity (Wildman–Crippen MR) is 84.5 cm³/mol. The summed E-state index contributed by atoms with van der Waals surface area (Å²) in [6.07, 6.45) is 5.33. The van der Waals surface area contributed by atoms with E-state index in [1.807, 2.05) is 24.3 Å². The average molecular weight is 343 g/mol. The van der Waals surface area contributed by atoms with E-state index in [9.17, 15) is 10.2 Å². The summed E-state index contributed by atoms with van der Waals surface area (Å²) in [4.78, 5) is 7.81. The molecule has 0 bridgehead atoms. The molecule has 2 aromatic carbocycles. The van der Waals surface area contributed by atoms with Crippen molar-refractivity contribution in [3.63, 3.8) is 0 Å². The fourth-order valence-electron chi connectivity index (χ4n) is 2.07. The average Bonchev–Trinajstić information content (AvgIpc) is 2.57. The second-order valence-electron chi connectivity index (χ2n) is 4.58. The van der Waals surface area contributed by atoms with E-state index in [4.69, 9.17) is 0 Å². The topological polar surface area (TPSA) is 66.2 Å². The maximum Gasteiger partial charge on any atom is 2.00 e. The first-order valence-electron chi connectivity index (χ1n) is 6.65. The summed E-state index contributed by atoms with van der Waals surface area (Å²) in [5, 5.41) is 20.4. The Bertz CT molecular complexity index is 841. The minimum absolute atomic E-state index is 0. The molecule has 0 unspecified atom stereocenters. The van der Waals surface area contributed by atoms with E-state index < -0.39 is 0 Å². The number of hydrogen-bond acceptors (Lipinski definition) is 4. The number of rotatable bonds is 0. The third kappa shape index (κ3) is 3.77. The van der Waals surface area contributed by atoms with Gasteiger partial charge in [0, 0.05) is 0 Å². The summed E-state index contributed by atoms with van der Waals surface area (Å²) in [7, 11) is 0. The molecule has 0 aliphatic rings. The van der Waals surface area contributed by atoms with Gasteiger partial charge >= 0.3 is 17.1 Å². The van der Waals surface area contributed by atoms with Crippen molar-refractivity contribution >= 4 is 21.8 Å². The first-order valence-corrected chi connectivity index (χ1v) is 6.65. The molecule has 0 spiro atoms. The van der Waals surface area contributed by atoms with Crippen LogP contribution in [0, 0.1) is 12.4 Å². The Labute approximate surface area is 143 Å². The van der Waals surface area contributed by atoms with Gasteiger partial charge in [-0.05, 0) is 23.2 Å². The molecule has 4 nitrogen and oxygen atoms in total. The van der Waals surface area contributed by atoms with Crippen LogP contribution in [-0.2, 0) is 17.1 Å². The first-order chi connectivity index (χ1) is 10.8. The van der Waals surface area contributed by atoms with Crippen molar-refractivity contribution in [2.45, 2.75) is 0 Å². The Hall–Kier alpha value is -2.62. The fourth-order valence-corrected chi connectivity index (χ4v) is 2.07. The molecular weight excluding hydrogens is 331 g/mol. The molecule has 0 amide bonds. The molecule has 4 aromatic rings. The van der Waals surface area contributed by atoms with E-state index in [1.54, 1.807) is 36.4 Å².